The van der Waals surface area contributed by atoms with E-state index >= 15 is 0 Å². The van der Waals surface area contributed by atoms with Crippen molar-refractivity contribution in [2.75, 3.05) is 5.73 Å². The van der Waals surface area contributed by atoms with E-state index in [1.165, 1.54) is 23.7 Å². The topological polar surface area (TPSA) is 67.6 Å². The molecular weight excluding hydrogens is 239 g/mol. The Morgan fingerprint density at radius 3 is 2.94 bits per heavy atom. The van der Waals surface area contributed by atoms with Crippen molar-refractivity contribution in [1.82, 2.24) is 14.3 Å². The molecule has 2 aromatic heterocycles. The third-order valence-corrected chi connectivity index (χ3v) is 3.34. The van der Waals surface area contributed by atoms with Gasteiger partial charge in [-0.25, -0.2) is 9.37 Å². The Labute approximate surface area is 100 Å². The molecule has 0 saturated heterocycles. The molecule has 0 unspecified atom stereocenters. The normalized spacial score (nSPS) is 11.2. The zero-order valence-electron chi connectivity index (χ0n) is 8.99. The van der Waals surface area contributed by atoms with Crippen LogP contribution in [0.3, 0.4) is 0 Å². The minimum atomic E-state index is -0.291. The van der Waals surface area contributed by atoms with Crippen LogP contribution in [0.5, 0.6) is 0 Å². The van der Waals surface area contributed by atoms with Crippen molar-refractivity contribution in [2.45, 2.75) is 6.92 Å². The van der Waals surface area contributed by atoms with Crippen molar-refractivity contribution < 1.29 is 4.39 Å². The van der Waals surface area contributed by atoms with Gasteiger partial charge in [-0.1, -0.05) is 0 Å². The molecule has 3 aromatic rings. The first kappa shape index (κ1) is 10.2. The summed E-state index contributed by atoms with van der Waals surface area (Å²) in [5.41, 5.74) is 8.84. The van der Waals surface area contributed by atoms with Crippen LogP contribution in [0.4, 0.5) is 9.39 Å². The number of anilines is 1. The predicted molar refractivity (Wildman–Crippen MR) is 66.3 cm³/mol. The fourth-order valence-electron chi connectivity index (χ4n) is 1.78. The predicted octanol–water partition coefficient (Wildman–Crippen LogP) is 2.72. The fraction of sp³-hybridized carbons (Fsp3) is 0.0909. The lowest BCUT2D eigenvalue weighted by atomic mass is 10.2. The Kier molecular flexibility index (Phi) is 2.12. The van der Waals surface area contributed by atoms with Gasteiger partial charge in [0.1, 0.15) is 16.6 Å². The number of aromatic amines is 1. The average molecular weight is 248 g/mol. The molecule has 0 saturated carbocycles. The molecule has 0 radical (unpaired) electrons. The van der Waals surface area contributed by atoms with Crippen LogP contribution < -0.4 is 5.73 Å². The number of hydrogen-bond donors (Lipinski definition) is 2. The summed E-state index contributed by atoms with van der Waals surface area (Å²) in [5.74, 6) is 0.343. The van der Waals surface area contributed by atoms with Crippen LogP contribution in [0.25, 0.3) is 22.4 Å². The molecule has 86 valence electrons. The summed E-state index contributed by atoms with van der Waals surface area (Å²) >= 11 is 1.23. The highest BCUT2D eigenvalue weighted by molar-refractivity contribution is 7.10. The number of imidazole rings is 1. The van der Waals surface area contributed by atoms with Gasteiger partial charge in [-0.2, -0.15) is 4.37 Å². The molecule has 4 nitrogen and oxygen atoms in total. The smallest absolute Gasteiger partial charge is 0.143 e. The van der Waals surface area contributed by atoms with Gasteiger partial charge in [0.2, 0.25) is 0 Å². The monoisotopic (exact) mass is 248 g/mol. The lowest BCUT2D eigenvalue weighted by Crippen LogP contribution is -1.87. The third-order valence-electron chi connectivity index (χ3n) is 2.57. The highest BCUT2D eigenvalue weighted by atomic mass is 32.1. The number of rotatable bonds is 1. The number of nitrogens with one attached hydrogen (secondary N) is 1. The molecule has 2 heterocycles. The van der Waals surface area contributed by atoms with Gasteiger partial charge in [0.15, 0.2) is 0 Å². The quantitative estimate of drug-likeness (QED) is 0.695. The van der Waals surface area contributed by atoms with Crippen LogP contribution in [-0.4, -0.2) is 14.3 Å². The van der Waals surface area contributed by atoms with Crippen LogP contribution in [0.2, 0.25) is 0 Å². The molecule has 0 aliphatic carbocycles. The molecule has 6 heteroatoms. The summed E-state index contributed by atoms with van der Waals surface area (Å²) in [6.45, 7) is 1.87. The molecule has 0 bridgehead atoms. The first-order valence-corrected chi connectivity index (χ1v) is 5.80. The van der Waals surface area contributed by atoms with E-state index in [0.717, 1.165) is 11.3 Å². The second-order valence-electron chi connectivity index (χ2n) is 3.75. The maximum absolute atomic E-state index is 13.1. The van der Waals surface area contributed by atoms with Crippen molar-refractivity contribution in [2.24, 2.45) is 0 Å². The first-order chi connectivity index (χ1) is 8.15. The minimum absolute atomic E-state index is 0.291. The molecule has 17 heavy (non-hydrogen) atoms. The van der Waals surface area contributed by atoms with Crippen LogP contribution in [0, 0.1) is 12.7 Å². The largest absolute Gasteiger partial charge is 0.389 e. The van der Waals surface area contributed by atoms with E-state index in [1.54, 1.807) is 6.07 Å². The Bertz CT molecular complexity index is 681. The summed E-state index contributed by atoms with van der Waals surface area (Å²) < 4.78 is 17.2. The number of aryl methyl sites for hydroxylation is 1. The SMILES string of the molecule is Cc1nsc(N)c1-c1nc2ccc(F)cc2[nH]1. The van der Waals surface area contributed by atoms with Crippen LogP contribution in [-0.2, 0) is 0 Å². The van der Waals surface area contributed by atoms with Crippen molar-refractivity contribution in [3.05, 3.63) is 29.7 Å². The number of hydrogen-bond acceptors (Lipinski definition) is 4. The van der Waals surface area contributed by atoms with Gasteiger partial charge in [0.25, 0.3) is 0 Å². The van der Waals surface area contributed by atoms with Gasteiger partial charge in [-0.15, -0.1) is 0 Å². The lowest BCUT2D eigenvalue weighted by molar-refractivity contribution is 0.629. The second-order valence-corrected chi connectivity index (χ2v) is 4.56. The summed E-state index contributed by atoms with van der Waals surface area (Å²) in [4.78, 5) is 7.44. The van der Waals surface area contributed by atoms with Gasteiger partial charge in [-0.05, 0) is 36.7 Å². The van der Waals surface area contributed by atoms with Crippen molar-refractivity contribution in [3.63, 3.8) is 0 Å². The zero-order chi connectivity index (χ0) is 12.0. The van der Waals surface area contributed by atoms with Crippen LogP contribution in [0.15, 0.2) is 18.2 Å². The Hall–Kier alpha value is -1.95. The highest BCUT2D eigenvalue weighted by Gasteiger charge is 2.14. The van der Waals surface area contributed by atoms with Crippen molar-refractivity contribution in [3.8, 4) is 11.4 Å². The second kappa shape index (κ2) is 3.53. The van der Waals surface area contributed by atoms with E-state index in [1.807, 2.05) is 6.92 Å². The highest BCUT2D eigenvalue weighted by Crippen LogP contribution is 2.31. The van der Waals surface area contributed by atoms with E-state index in [0.29, 0.717) is 21.9 Å². The summed E-state index contributed by atoms with van der Waals surface area (Å²) in [6.07, 6.45) is 0. The zero-order valence-corrected chi connectivity index (χ0v) is 9.81. The van der Waals surface area contributed by atoms with Crippen molar-refractivity contribution >= 4 is 27.6 Å². The molecule has 0 spiro atoms. The molecule has 0 atom stereocenters. The Balaban J connectivity index is 2.25. The van der Waals surface area contributed by atoms with Gasteiger partial charge >= 0.3 is 0 Å². The van der Waals surface area contributed by atoms with Gasteiger partial charge in [0.05, 0.1) is 22.3 Å². The van der Waals surface area contributed by atoms with Gasteiger partial charge in [0, 0.05) is 0 Å². The number of halogens is 1. The van der Waals surface area contributed by atoms with E-state index in [9.17, 15) is 4.39 Å². The van der Waals surface area contributed by atoms with Crippen LogP contribution in [0.1, 0.15) is 5.69 Å². The van der Waals surface area contributed by atoms with E-state index in [4.69, 9.17) is 5.73 Å². The summed E-state index contributed by atoms with van der Waals surface area (Å²) in [7, 11) is 0. The molecule has 1 aromatic carbocycles. The maximum Gasteiger partial charge on any atom is 0.143 e. The number of H-pyrrole nitrogens is 1. The number of nitrogen functional groups attached to an aromatic ring is 1. The molecule has 0 aliphatic rings. The molecule has 0 fully saturated rings. The summed E-state index contributed by atoms with van der Waals surface area (Å²) in [5, 5.41) is 0.613. The Morgan fingerprint density at radius 2 is 2.24 bits per heavy atom. The summed E-state index contributed by atoms with van der Waals surface area (Å²) in [6, 6.07) is 4.43. The number of nitrogens with two attached hydrogens (primary N) is 1. The van der Waals surface area contributed by atoms with E-state index in [2.05, 4.69) is 14.3 Å². The van der Waals surface area contributed by atoms with Gasteiger partial charge in [-0.3, -0.25) is 0 Å². The number of fused-ring (bicyclic) bond motifs is 1. The molecule has 3 rings (SSSR count). The standard InChI is InChI=1S/C11H9FN4S/c1-5-9(10(13)17-16-5)11-14-7-3-2-6(12)4-8(7)15-11/h2-4H,13H2,1H3,(H,14,15). The van der Waals surface area contributed by atoms with E-state index in [-0.39, 0.29) is 5.82 Å². The van der Waals surface area contributed by atoms with Gasteiger partial charge < -0.3 is 10.7 Å². The Morgan fingerprint density at radius 1 is 1.41 bits per heavy atom. The number of benzene rings is 1. The average Bonchev–Trinajstić information content (AvgIpc) is 2.81. The molecule has 0 aliphatic heterocycles. The van der Waals surface area contributed by atoms with Crippen molar-refractivity contribution in [1.29, 1.82) is 0 Å². The molecule has 3 N–H and O–H groups in total. The number of aromatic nitrogens is 3. The lowest BCUT2D eigenvalue weighted by Gasteiger charge is -1.94. The first-order valence-electron chi connectivity index (χ1n) is 5.02. The number of nitrogens with zero attached hydrogens (tertiary/aromatic N) is 2. The molecule has 0 amide bonds. The van der Waals surface area contributed by atoms with Crippen LogP contribution >= 0.6 is 11.5 Å². The fourth-order valence-corrected chi connectivity index (χ4v) is 2.44. The minimum Gasteiger partial charge on any atom is -0.389 e. The third kappa shape index (κ3) is 1.57. The maximum atomic E-state index is 13.1. The molecular formula is C11H9FN4S. The van der Waals surface area contributed by atoms with E-state index < -0.39 is 0 Å².